The summed E-state index contributed by atoms with van der Waals surface area (Å²) in [6.45, 7) is 0. The number of Topliss-reactive ketones (excluding diaryl/α,β-unsaturated/α-hetero) is 1. The summed E-state index contributed by atoms with van der Waals surface area (Å²) in [7, 11) is 1.83. The summed E-state index contributed by atoms with van der Waals surface area (Å²) in [5.74, 6) is 0.206. The molecule has 0 aliphatic rings. The predicted octanol–water partition coefficient (Wildman–Crippen LogP) is 2.02. The molecule has 0 aliphatic carbocycles. The number of rotatable bonds is 6. The van der Waals surface area contributed by atoms with E-state index < -0.39 is 0 Å². The fourth-order valence-corrected chi connectivity index (χ4v) is 2.05. The third kappa shape index (κ3) is 4.00. The average Bonchev–Trinajstić information content (AvgIpc) is 2.47. The van der Waals surface area contributed by atoms with Gasteiger partial charge in [-0.15, -0.1) is 0 Å². The van der Waals surface area contributed by atoms with Crippen LogP contribution in [0, 0.1) is 0 Å². The van der Waals surface area contributed by atoms with E-state index >= 15 is 0 Å². The second kappa shape index (κ2) is 6.81. The molecule has 1 aromatic carbocycles. The number of hydrogen-bond donors (Lipinski definition) is 1. The lowest BCUT2D eigenvalue weighted by atomic mass is 9.98. The van der Waals surface area contributed by atoms with Crippen molar-refractivity contribution in [1.82, 2.24) is 10.3 Å². The quantitative estimate of drug-likeness (QED) is 0.857. The molecule has 0 amide bonds. The van der Waals surface area contributed by atoms with E-state index in [2.05, 4.69) is 10.3 Å². The van der Waals surface area contributed by atoms with Gasteiger partial charge in [0.05, 0.1) is 6.04 Å². The van der Waals surface area contributed by atoms with Gasteiger partial charge in [-0.3, -0.25) is 9.78 Å². The Balaban J connectivity index is 2.00. The van der Waals surface area contributed by atoms with Crippen molar-refractivity contribution >= 4 is 5.78 Å². The standard InChI is InChI=1S/C16H18N2O/c1-17-15(11-13-5-3-2-4-6-13)16(19)12-14-7-9-18-10-8-14/h2-10,15,17H,11-12H2,1H3. The highest BCUT2D eigenvalue weighted by atomic mass is 16.1. The number of nitrogens with one attached hydrogen (secondary N) is 1. The van der Waals surface area contributed by atoms with E-state index in [4.69, 9.17) is 0 Å². The van der Waals surface area contributed by atoms with Crippen molar-refractivity contribution in [3.05, 3.63) is 66.0 Å². The molecule has 0 bridgehead atoms. The molecule has 0 saturated carbocycles. The monoisotopic (exact) mass is 254 g/mol. The van der Waals surface area contributed by atoms with E-state index in [1.807, 2.05) is 49.5 Å². The van der Waals surface area contributed by atoms with E-state index in [1.165, 1.54) is 5.56 Å². The van der Waals surface area contributed by atoms with E-state index in [1.54, 1.807) is 12.4 Å². The van der Waals surface area contributed by atoms with Crippen LogP contribution in [0.25, 0.3) is 0 Å². The SMILES string of the molecule is CNC(Cc1ccccc1)C(=O)Cc1ccncc1. The van der Waals surface area contributed by atoms with E-state index in [-0.39, 0.29) is 11.8 Å². The summed E-state index contributed by atoms with van der Waals surface area (Å²) in [5, 5.41) is 3.11. The van der Waals surface area contributed by atoms with Crippen LogP contribution >= 0.6 is 0 Å². The second-order valence-corrected chi connectivity index (χ2v) is 4.53. The summed E-state index contributed by atoms with van der Waals surface area (Å²) >= 11 is 0. The predicted molar refractivity (Wildman–Crippen MR) is 75.9 cm³/mol. The Labute approximate surface area is 113 Å². The van der Waals surface area contributed by atoms with Crippen LogP contribution in [0.4, 0.5) is 0 Å². The summed E-state index contributed by atoms with van der Waals surface area (Å²) in [5.41, 5.74) is 2.18. The molecule has 0 fully saturated rings. The molecule has 0 radical (unpaired) electrons. The Hall–Kier alpha value is -2.00. The number of likely N-dealkylation sites (N-methyl/N-ethyl adjacent to an activating group) is 1. The van der Waals surface area contributed by atoms with Crippen LogP contribution in [0.3, 0.4) is 0 Å². The number of aromatic nitrogens is 1. The normalized spacial score (nSPS) is 12.1. The summed E-state index contributed by atoms with van der Waals surface area (Å²) < 4.78 is 0. The maximum absolute atomic E-state index is 12.3. The molecular formula is C16H18N2O. The van der Waals surface area contributed by atoms with Gasteiger partial charge in [-0.05, 0) is 36.7 Å². The minimum Gasteiger partial charge on any atom is -0.310 e. The molecule has 3 heteroatoms. The maximum Gasteiger partial charge on any atom is 0.154 e. The van der Waals surface area contributed by atoms with Crippen LogP contribution in [0.5, 0.6) is 0 Å². The molecule has 2 aromatic rings. The van der Waals surface area contributed by atoms with Gasteiger partial charge in [0, 0.05) is 18.8 Å². The number of ketones is 1. The summed E-state index contributed by atoms with van der Waals surface area (Å²) in [6, 6.07) is 13.7. The molecule has 0 aliphatic heterocycles. The molecule has 3 nitrogen and oxygen atoms in total. The second-order valence-electron chi connectivity index (χ2n) is 4.53. The third-order valence-electron chi connectivity index (χ3n) is 3.15. The van der Waals surface area contributed by atoms with Crippen molar-refractivity contribution in [1.29, 1.82) is 0 Å². The minimum absolute atomic E-state index is 0.143. The molecule has 98 valence electrons. The molecule has 0 spiro atoms. The maximum atomic E-state index is 12.3. The fraction of sp³-hybridized carbons (Fsp3) is 0.250. The van der Waals surface area contributed by atoms with Crippen molar-refractivity contribution < 1.29 is 4.79 Å². The van der Waals surface area contributed by atoms with Gasteiger partial charge in [0.15, 0.2) is 5.78 Å². The van der Waals surface area contributed by atoms with Crippen LogP contribution in [0.2, 0.25) is 0 Å². The van der Waals surface area contributed by atoms with Gasteiger partial charge < -0.3 is 5.32 Å². The largest absolute Gasteiger partial charge is 0.310 e. The van der Waals surface area contributed by atoms with Crippen LogP contribution < -0.4 is 5.32 Å². The van der Waals surface area contributed by atoms with Gasteiger partial charge in [0.1, 0.15) is 0 Å². The Morgan fingerprint density at radius 2 is 1.79 bits per heavy atom. The lowest BCUT2D eigenvalue weighted by molar-refractivity contribution is -0.120. The molecule has 1 aromatic heterocycles. The number of hydrogen-bond acceptors (Lipinski definition) is 3. The van der Waals surface area contributed by atoms with Gasteiger partial charge in [-0.1, -0.05) is 30.3 Å². The Morgan fingerprint density at radius 1 is 1.11 bits per heavy atom. The van der Waals surface area contributed by atoms with Crippen LogP contribution in [0.15, 0.2) is 54.9 Å². The fourth-order valence-electron chi connectivity index (χ4n) is 2.05. The number of benzene rings is 1. The zero-order chi connectivity index (χ0) is 13.5. The van der Waals surface area contributed by atoms with Gasteiger partial charge in [-0.2, -0.15) is 0 Å². The van der Waals surface area contributed by atoms with Crippen molar-refractivity contribution in [2.45, 2.75) is 18.9 Å². The lowest BCUT2D eigenvalue weighted by Gasteiger charge is -2.15. The Morgan fingerprint density at radius 3 is 2.42 bits per heavy atom. The zero-order valence-electron chi connectivity index (χ0n) is 11.0. The summed E-state index contributed by atoms with van der Waals surface area (Å²) in [4.78, 5) is 16.2. The number of pyridine rings is 1. The molecule has 1 unspecified atom stereocenters. The molecule has 0 saturated heterocycles. The first kappa shape index (κ1) is 13.4. The molecule has 1 N–H and O–H groups in total. The number of carbonyl (C=O) groups excluding carboxylic acids is 1. The lowest BCUT2D eigenvalue weighted by Crippen LogP contribution is -2.37. The molecule has 1 heterocycles. The van der Waals surface area contributed by atoms with Crippen LogP contribution in [0.1, 0.15) is 11.1 Å². The molecule has 2 rings (SSSR count). The van der Waals surface area contributed by atoms with Gasteiger partial charge in [0.25, 0.3) is 0 Å². The van der Waals surface area contributed by atoms with Crippen LogP contribution in [-0.4, -0.2) is 23.9 Å². The first-order valence-corrected chi connectivity index (χ1v) is 6.42. The highest BCUT2D eigenvalue weighted by molar-refractivity contribution is 5.86. The van der Waals surface area contributed by atoms with Crippen molar-refractivity contribution in [2.24, 2.45) is 0 Å². The average molecular weight is 254 g/mol. The minimum atomic E-state index is -0.143. The summed E-state index contributed by atoms with van der Waals surface area (Å²) in [6.07, 6.45) is 4.60. The Kier molecular flexibility index (Phi) is 4.81. The molecular weight excluding hydrogens is 236 g/mol. The topological polar surface area (TPSA) is 42.0 Å². The number of nitrogens with zero attached hydrogens (tertiary/aromatic N) is 1. The highest BCUT2D eigenvalue weighted by Crippen LogP contribution is 2.07. The van der Waals surface area contributed by atoms with Gasteiger partial charge in [-0.25, -0.2) is 0 Å². The highest BCUT2D eigenvalue weighted by Gasteiger charge is 2.16. The van der Waals surface area contributed by atoms with Gasteiger partial charge >= 0.3 is 0 Å². The van der Waals surface area contributed by atoms with E-state index in [0.717, 1.165) is 12.0 Å². The third-order valence-corrected chi connectivity index (χ3v) is 3.15. The molecule has 1 atom stereocenters. The van der Waals surface area contributed by atoms with E-state index in [0.29, 0.717) is 6.42 Å². The first-order valence-electron chi connectivity index (χ1n) is 6.42. The first-order chi connectivity index (χ1) is 9.29. The van der Waals surface area contributed by atoms with Crippen molar-refractivity contribution in [2.75, 3.05) is 7.05 Å². The van der Waals surface area contributed by atoms with Crippen LogP contribution in [-0.2, 0) is 17.6 Å². The molecule has 19 heavy (non-hydrogen) atoms. The van der Waals surface area contributed by atoms with Crippen molar-refractivity contribution in [3.63, 3.8) is 0 Å². The smallest absolute Gasteiger partial charge is 0.154 e. The van der Waals surface area contributed by atoms with E-state index in [9.17, 15) is 4.79 Å². The number of carbonyl (C=O) groups is 1. The zero-order valence-corrected chi connectivity index (χ0v) is 11.0. The Bertz CT molecular complexity index is 511. The van der Waals surface area contributed by atoms with Crippen molar-refractivity contribution in [3.8, 4) is 0 Å². The van der Waals surface area contributed by atoms with Gasteiger partial charge in [0.2, 0.25) is 0 Å².